The number of rotatable bonds is 6. The van der Waals surface area contributed by atoms with Crippen molar-refractivity contribution in [3.63, 3.8) is 0 Å². The van der Waals surface area contributed by atoms with E-state index in [9.17, 15) is 4.79 Å². The van der Waals surface area contributed by atoms with Crippen LogP contribution >= 0.6 is 0 Å². The van der Waals surface area contributed by atoms with Gasteiger partial charge in [-0.15, -0.1) is 0 Å². The van der Waals surface area contributed by atoms with Crippen LogP contribution in [0.15, 0.2) is 28.9 Å². The molecule has 2 aromatic rings. The standard InChI is InChI=1S/C16H24N4O2/c1-12(10-20-14(3)8-13(2)18-20)9-17-16(21)19(4)11-15-6-5-7-22-15/h5-8,12H,9-11H2,1-4H3,(H,17,21)/t12-/m0/s1. The van der Waals surface area contributed by atoms with Crippen molar-refractivity contribution in [2.24, 2.45) is 5.92 Å². The van der Waals surface area contributed by atoms with Crippen LogP contribution < -0.4 is 5.32 Å². The molecule has 1 atom stereocenters. The highest BCUT2D eigenvalue weighted by atomic mass is 16.3. The predicted octanol–water partition coefficient (Wildman–Crippen LogP) is 2.57. The van der Waals surface area contributed by atoms with Crippen molar-refractivity contribution >= 4 is 6.03 Å². The smallest absolute Gasteiger partial charge is 0.317 e. The summed E-state index contributed by atoms with van der Waals surface area (Å²) < 4.78 is 7.23. The average Bonchev–Trinajstić information content (AvgIpc) is 3.06. The highest BCUT2D eigenvalue weighted by Crippen LogP contribution is 2.07. The van der Waals surface area contributed by atoms with Gasteiger partial charge in [0.05, 0.1) is 18.5 Å². The topological polar surface area (TPSA) is 63.3 Å². The second-order valence-electron chi connectivity index (χ2n) is 5.84. The van der Waals surface area contributed by atoms with E-state index >= 15 is 0 Å². The van der Waals surface area contributed by atoms with Crippen molar-refractivity contribution in [2.75, 3.05) is 13.6 Å². The summed E-state index contributed by atoms with van der Waals surface area (Å²) in [5, 5.41) is 7.39. The third-order valence-corrected chi connectivity index (χ3v) is 3.51. The fourth-order valence-electron chi connectivity index (χ4n) is 2.32. The highest BCUT2D eigenvalue weighted by molar-refractivity contribution is 5.73. The van der Waals surface area contributed by atoms with Gasteiger partial charge in [-0.3, -0.25) is 4.68 Å². The van der Waals surface area contributed by atoms with Crippen LogP contribution in [-0.4, -0.2) is 34.3 Å². The molecule has 0 spiro atoms. The van der Waals surface area contributed by atoms with Crippen LogP contribution in [0.25, 0.3) is 0 Å². The van der Waals surface area contributed by atoms with Gasteiger partial charge in [-0.25, -0.2) is 4.79 Å². The number of nitrogens with zero attached hydrogens (tertiary/aromatic N) is 3. The molecule has 120 valence electrons. The molecule has 0 aliphatic rings. The maximum Gasteiger partial charge on any atom is 0.317 e. The number of carbonyl (C=O) groups excluding carboxylic acids is 1. The molecule has 0 aromatic carbocycles. The number of hydrogen-bond donors (Lipinski definition) is 1. The number of aryl methyl sites for hydroxylation is 2. The van der Waals surface area contributed by atoms with E-state index in [-0.39, 0.29) is 6.03 Å². The molecule has 0 saturated heterocycles. The summed E-state index contributed by atoms with van der Waals surface area (Å²) in [5.41, 5.74) is 2.16. The lowest BCUT2D eigenvalue weighted by Crippen LogP contribution is -2.39. The van der Waals surface area contributed by atoms with Crippen LogP contribution in [0, 0.1) is 19.8 Å². The monoisotopic (exact) mass is 304 g/mol. The second kappa shape index (κ2) is 7.15. The van der Waals surface area contributed by atoms with Crippen molar-refractivity contribution in [3.05, 3.63) is 41.6 Å². The zero-order chi connectivity index (χ0) is 16.1. The average molecular weight is 304 g/mol. The zero-order valence-electron chi connectivity index (χ0n) is 13.7. The number of hydrogen-bond acceptors (Lipinski definition) is 3. The van der Waals surface area contributed by atoms with E-state index in [0.29, 0.717) is 19.0 Å². The third kappa shape index (κ3) is 4.38. The lowest BCUT2D eigenvalue weighted by Gasteiger charge is -2.19. The number of nitrogens with one attached hydrogen (secondary N) is 1. The highest BCUT2D eigenvalue weighted by Gasteiger charge is 2.13. The van der Waals surface area contributed by atoms with Crippen LogP contribution in [0.3, 0.4) is 0 Å². The van der Waals surface area contributed by atoms with Gasteiger partial charge >= 0.3 is 6.03 Å². The van der Waals surface area contributed by atoms with E-state index in [4.69, 9.17) is 4.42 Å². The predicted molar refractivity (Wildman–Crippen MR) is 84.4 cm³/mol. The molecule has 2 aromatic heterocycles. The lowest BCUT2D eigenvalue weighted by molar-refractivity contribution is 0.200. The summed E-state index contributed by atoms with van der Waals surface area (Å²) in [6.45, 7) is 8.00. The first-order chi connectivity index (χ1) is 10.5. The molecule has 6 heteroatoms. The number of urea groups is 1. The normalized spacial score (nSPS) is 12.2. The molecule has 2 amide bonds. The van der Waals surface area contributed by atoms with E-state index in [1.807, 2.05) is 30.7 Å². The van der Waals surface area contributed by atoms with E-state index in [1.54, 1.807) is 18.2 Å². The Balaban J connectivity index is 1.76. The molecule has 2 rings (SSSR count). The molecule has 1 N–H and O–H groups in total. The van der Waals surface area contributed by atoms with E-state index in [0.717, 1.165) is 23.7 Å². The SMILES string of the molecule is Cc1cc(C)n(C[C@@H](C)CNC(=O)N(C)Cc2ccco2)n1. The fraction of sp³-hybridized carbons (Fsp3) is 0.500. The van der Waals surface area contributed by atoms with Gasteiger partial charge in [-0.1, -0.05) is 6.92 Å². The number of amides is 2. The van der Waals surface area contributed by atoms with Crippen molar-refractivity contribution in [1.29, 1.82) is 0 Å². The minimum Gasteiger partial charge on any atom is -0.467 e. The van der Waals surface area contributed by atoms with E-state index < -0.39 is 0 Å². The van der Waals surface area contributed by atoms with Crippen molar-refractivity contribution in [3.8, 4) is 0 Å². The Kier molecular flexibility index (Phi) is 5.25. The van der Waals surface area contributed by atoms with E-state index in [2.05, 4.69) is 23.4 Å². The van der Waals surface area contributed by atoms with Crippen molar-refractivity contribution in [1.82, 2.24) is 20.0 Å². The Hall–Kier alpha value is -2.24. The Morgan fingerprint density at radius 1 is 1.50 bits per heavy atom. The maximum absolute atomic E-state index is 12.0. The maximum atomic E-state index is 12.0. The van der Waals surface area contributed by atoms with Crippen LogP contribution in [0.5, 0.6) is 0 Å². The third-order valence-electron chi connectivity index (χ3n) is 3.51. The summed E-state index contributed by atoms with van der Waals surface area (Å²) in [6.07, 6.45) is 1.61. The zero-order valence-corrected chi connectivity index (χ0v) is 13.7. The van der Waals surface area contributed by atoms with Crippen LogP contribution in [-0.2, 0) is 13.1 Å². The van der Waals surface area contributed by atoms with Gasteiger partial charge in [0, 0.05) is 25.8 Å². The van der Waals surface area contributed by atoms with E-state index in [1.165, 1.54) is 0 Å². The van der Waals surface area contributed by atoms with Crippen molar-refractivity contribution < 1.29 is 9.21 Å². The molecular weight excluding hydrogens is 280 g/mol. The first kappa shape index (κ1) is 16.1. The minimum absolute atomic E-state index is 0.100. The number of carbonyl (C=O) groups is 1. The number of furan rings is 1. The molecule has 2 heterocycles. The quantitative estimate of drug-likeness (QED) is 0.892. The first-order valence-electron chi connectivity index (χ1n) is 7.48. The lowest BCUT2D eigenvalue weighted by atomic mass is 10.2. The van der Waals surface area contributed by atoms with Crippen LogP contribution in [0.1, 0.15) is 24.1 Å². The summed E-state index contributed by atoms with van der Waals surface area (Å²) in [6, 6.07) is 5.63. The second-order valence-corrected chi connectivity index (χ2v) is 5.84. The Morgan fingerprint density at radius 3 is 2.86 bits per heavy atom. The molecule has 6 nitrogen and oxygen atoms in total. The summed E-state index contributed by atoms with van der Waals surface area (Å²) in [5.74, 6) is 1.08. The molecule has 0 aliphatic carbocycles. The van der Waals surface area contributed by atoms with Gasteiger partial charge < -0.3 is 14.6 Å². The minimum atomic E-state index is -0.100. The molecule has 0 unspecified atom stereocenters. The van der Waals surface area contributed by atoms with Gasteiger partial charge in [0.25, 0.3) is 0 Å². The van der Waals surface area contributed by atoms with Gasteiger partial charge in [0.1, 0.15) is 5.76 Å². The van der Waals surface area contributed by atoms with Crippen LogP contribution in [0.2, 0.25) is 0 Å². The fourth-order valence-corrected chi connectivity index (χ4v) is 2.32. The van der Waals surface area contributed by atoms with Gasteiger partial charge in [-0.05, 0) is 38.0 Å². The molecule has 0 fully saturated rings. The summed E-state index contributed by atoms with van der Waals surface area (Å²) in [7, 11) is 1.75. The molecule has 0 radical (unpaired) electrons. The largest absolute Gasteiger partial charge is 0.467 e. The summed E-state index contributed by atoms with van der Waals surface area (Å²) >= 11 is 0. The Morgan fingerprint density at radius 2 is 2.27 bits per heavy atom. The van der Waals surface area contributed by atoms with Gasteiger partial charge in [0.2, 0.25) is 0 Å². The van der Waals surface area contributed by atoms with Crippen LogP contribution in [0.4, 0.5) is 4.79 Å². The first-order valence-corrected chi connectivity index (χ1v) is 7.48. The number of aromatic nitrogens is 2. The van der Waals surface area contributed by atoms with Gasteiger partial charge in [0.15, 0.2) is 0 Å². The summed E-state index contributed by atoms with van der Waals surface area (Å²) in [4.78, 5) is 13.7. The molecular formula is C16H24N4O2. The molecule has 0 bridgehead atoms. The Bertz CT molecular complexity index is 604. The molecule has 22 heavy (non-hydrogen) atoms. The van der Waals surface area contributed by atoms with Crippen molar-refractivity contribution in [2.45, 2.75) is 33.9 Å². The molecule has 0 saturated carbocycles. The molecule has 0 aliphatic heterocycles. The Labute approximate surface area is 131 Å². The van der Waals surface area contributed by atoms with Gasteiger partial charge in [-0.2, -0.15) is 5.10 Å².